The van der Waals surface area contributed by atoms with E-state index in [2.05, 4.69) is 13.8 Å². The minimum absolute atomic E-state index is 0.105. The number of carbonyl (C=O) groups excluding carboxylic acids is 1. The maximum absolute atomic E-state index is 12.5. The molecule has 0 bridgehead atoms. The number of esters is 1. The molecule has 0 radical (unpaired) electrons. The monoisotopic (exact) mass is 360 g/mol. The second-order valence-corrected chi connectivity index (χ2v) is 8.87. The molecule has 1 saturated heterocycles. The molecule has 5 nitrogen and oxygen atoms in total. The molecule has 2 saturated carbocycles. The minimum atomic E-state index is -0.980. The number of furan rings is 1. The molecule has 8 atom stereocenters. The first-order valence-electron chi connectivity index (χ1n) is 9.99. The second kappa shape index (κ2) is 5.35. The van der Waals surface area contributed by atoms with E-state index in [-0.39, 0.29) is 35.7 Å². The van der Waals surface area contributed by atoms with Crippen molar-refractivity contribution < 1.29 is 23.8 Å². The van der Waals surface area contributed by atoms with Crippen molar-refractivity contribution in [1.29, 1.82) is 0 Å². The lowest BCUT2D eigenvalue weighted by Crippen LogP contribution is -2.66. The number of rotatable bonds is 1. The van der Waals surface area contributed by atoms with Crippen LogP contribution in [0.4, 0.5) is 0 Å². The number of methoxy groups -OCH3 is 1. The molecule has 2 heterocycles. The van der Waals surface area contributed by atoms with E-state index >= 15 is 0 Å². The van der Waals surface area contributed by atoms with Crippen LogP contribution in [0.25, 0.3) is 0 Å². The van der Waals surface area contributed by atoms with Crippen LogP contribution in [0, 0.1) is 23.2 Å². The van der Waals surface area contributed by atoms with Gasteiger partial charge in [-0.1, -0.05) is 13.3 Å². The molecule has 0 aromatic carbocycles. The molecule has 5 heteroatoms. The van der Waals surface area contributed by atoms with Gasteiger partial charge in [-0.2, -0.15) is 0 Å². The highest BCUT2D eigenvalue weighted by Gasteiger charge is 2.76. The zero-order valence-corrected chi connectivity index (χ0v) is 15.7. The molecule has 4 aliphatic rings. The quantitative estimate of drug-likeness (QED) is 0.776. The molecule has 1 aliphatic heterocycles. The SMILES string of the molecule is COC(=O)[C@@H]1CCC[C@@]23[C@@H](C)O[C@H]4c5occc5[C@H](C)[C@H](CC[C@@H]12)[C@]43O. The lowest BCUT2D eigenvalue weighted by atomic mass is 9.43. The van der Waals surface area contributed by atoms with Crippen LogP contribution in [0.5, 0.6) is 0 Å². The Balaban J connectivity index is 1.69. The molecular formula is C21H28O5. The standard InChI is InChI=1S/C21H28O5/c1-11-13-8-10-25-17(13)18-21(23)15(11)6-7-16-14(19(22)24-3)5-4-9-20(16,21)12(2)26-18/h8,10-12,14-16,18,23H,4-7,9H2,1-3H3/t11-,12+,14+,15-,16-,18-,20+,21-/m0/s1. The third-order valence-corrected chi connectivity index (χ3v) is 8.38. The normalized spacial score (nSPS) is 49.1. The molecule has 1 N–H and O–H groups in total. The van der Waals surface area contributed by atoms with Gasteiger partial charge in [-0.15, -0.1) is 0 Å². The third kappa shape index (κ3) is 1.68. The first kappa shape index (κ1) is 16.8. The largest absolute Gasteiger partial charge is 0.469 e. The molecule has 0 amide bonds. The topological polar surface area (TPSA) is 68.9 Å². The van der Waals surface area contributed by atoms with Gasteiger partial charge in [0.1, 0.15) is 17.5 Å². The molecule has 0 unspecified atom stereocenters. The predicted octanol–water partition coefficient (Wildman–Crippen LogP) is 3.57. The van der Waals surface area contributed by atoms with E-state index in [1.54, 1.807) is 6.26 Å². The summed E-state index contributed by atoms with van der Waals surface area (Å²) in [5, 5.41) is 12.3. The summed E-state index contributed by atoms with van der Waals surface area (Å²) in [7, 11) is 1.47. The smallest absolute Gasteiger partial charge is 0.308 e. The van der Waals surface area contributed by atoms with Crippen LogP contribution in [0.2, 0.25) is 0 Å². The average Bonchev–Trinajstić information content (AvgIpc) is 3.20. The highest BCUT2D eigenvalue weighted by atomic mass is 16.5. The van der Waals surface area contributed by atoms with E-state index in [0.717, 1.165) is 37.9 Å². The second-order valence-electron chi connectivity index (χ2n) is 8.87. The van der Waals surface area contributed by atoms with Crippen LogP contribution >= 0.6 is 0 Å². The summed E-state index contributed by atoms with van der Waals surface area (Å²) in [6.07, 6.45) is 5.71. The Bertz CT molecular complexity index is 741. The van der Waals surface area contributed by atoms with E-state index in [4.69, 9.17) is 13.9 Å². The molecule has 142 valence electrons. The highest BCUT2D eigenvalue weighted by Crippen LogP contribution is 2.72. The zero-order valence-electron chi connectivity index (χ0n) is 15.7. The Morgan fingerprint density at radius 3 is 2.81 bits per heavy atom. The summed E-state index contributed by atoms with van der Waals surface area (Å²) in [6.45, 7) is 4.28. The predicted molar refractivity (Wildman–Crippen MR) is 93.4 cm³/mol. The molecule has 26 heavy (non-hydrogen) atoms. The van der Waals surface area contributed by atoms with Gasteiger partial charge < -0.3 is 19.0 Å². The maximum atomic E-state index is 12.5. The average molecular weight is 360 g/mol. The lowest BCUT2D eigenvalue weighted by molar-refractivity contribution is -0.214. The molecule has 1 spiro atoms. The summed E-state index contributed by atoms with van der Waals surface area (Å²) in [5.74, 6) is 0.992. The van der Waals surface area contributed by atoms with Crippen LogP contribution in [0.3, 0.4) is 0 Å². The van der Waals surface area contributed by atoms with Crippen molar-refractivity contribution in [3.63, 3.8) is 0 Å². The van der Waals surface area contributed by atoms with Crippen molar-refractivity contribution in [3.05, 3.63) is 23.7 Å². The van der Waals surface area contributed by atoms with Crippen LogP contribution in [0.1, 0.15) is 69.3 Å². The molecule has 3 aliphatic carbocycles. The Hall–Kier alpha value is -1.33. The van der Waals surface area contributed by atoms with E-state index in [0.29, 0.717) is 0 Å². The van der Waals surface area contributed by atoms with Gasteiger partial charge in [0, 0.05) is 5.41 Å². The van der Waals surface area contributed by atoms with E-state index < -0.39 is 17.1 Å². The van der Waals surface area contributed by atoms with E-state index in [9.17, 15) is 9.90 Å². The van der Waals surface area contributed by atoms with Gasteiger partial charge in [0.2, 0.25) is 0 Å². The van der Waals surface area contributed by atoms with E-state index in [1.807, 2.05) is 6.07 Å². The van der Waals surface area contributed by atoms with Gasteiger partial charge in [0.05, 0.1) is 25.4 Å². The third-order valence-electron chi connectivity index (χ3n) is 8.38. The van der Waals surface area contributed by atoms with Crippen LogP contribution in [0.15, 0.2) is 16.7 Å². The van der Waals surface area contributed by atoms with Crippen LogP contribution < -0.4 is 0 Å². The lowest BCUT2D eigenvalue weighted by Gasteiger charge is -2.61. The molecule has 3 fully saturated rings. The Morgan fingerprint density at radius 1 is 1.27 bits per heavy atom. The molecular weight excluding hydrogens is 332 g/mol. The number of aliphatic hydroxyl groups is 1. The summed E-state index contributed by atoms with van der Waals surface area (Å²) < 4.78 is 17.4. The number of hydrogen-bond donors (Lipinski definition) is 1. The van der Waals surface area contributed by atoms with E-state index in [1.165, 1.54) is 12.7 Å². The summed E-state index contributed by atoms with van der Waals surface area (Å²) in [4.78, 5) is 12.5. The fourth-order valence-corrected chi connectivity index (χ4v) is 7.40. The van der Waals surface area contributed by atoms with Crippen molar-refractivity contribution in [3.8, 4) is 0 Å². The van der Waals surface area contributed by atoms with Crippen LogP contribution in [-0.4, -0.2) is 29.9 Å². The van der Waals surface area contributed by atoms with Crippen molar-refractivity contribution in [2.45, 2.75) is 69.7 Å². The van der Waals surface area contributed by atoms with Gasteiger partial charge in [-0.05, 0) is 62.0 Å². The van der Waals surface area contributed by atoms with Crippen molar-refractivity contribution in [2.24, 2.45) is 23.2 Å². The fourth-order valence-electron chi connectivity index (χ4n) is 7.40. The minimum Gasteiger partial charge on any atom is -0.469 e. The van der Waals surface area contributed by atoms with Crippen LogP contribution in [-0.2, 0) is 14.3 Å². The molecule has 1 aromatic rings. The Labute approximate surface area is 154 Å². The summed E-state index contributed by atoms with van der Waals surface area (Å²) in [5.41, 5.74) is -0.212. The number of fused-ring (bicyclic) bond motifs is 2. The Morgan fingerprint density at radius 2 is 2.04 bits per heavy atom. The van der Waals surface area contributed by atoms with Crippen molar-refractivity contribution >= 4 is 5.97 Å². The zero-order chi connectivity index (χ0) is 18.3. The van der Waals surface area contributed by atoms with Gasteiger partial charge in [-0.3, -0.25) is 4.79 Å². The summed E-state index contributed by atoms with van der Waals surface area (Å²) in [6, 6.07) is 2.03. The first-order valence-corrected chi connectivity index (χ1v) is 9.99. The summed E-state index contributed by atoms with van der Waals surface area (Å²) >= 11 is 0. The molecule has 1 aromatic heterocycles. The van der Waals surface area contributed by atoms with Gasteiger partial charge in [0.15, 0.2) is 0 Å². The van der Waals surface area contributed by atoms with Crippen molar-refractivity contribution in [1.82, 2.24) is 0 Å². The number of hydrogen-bond acceptors (Lipinski definition) is 5. The van der Waals surface area contributed by atoms with Crippen molar-refractivity contribution in [2.75, 3.05) is 7.11 Å². The Kier molecular flexibility index (Phi) is 3.46. The number of ether oxygens (including phenoxy) is 2. The number of carbonyl (C=O) groups is 1. The maximum Gasteiger partial charge on any atom is 0.308 e. The fraction of sp³-hybridized carbons (Fsp3) is 0.762. The molecule has 5 rings (SSSR count). The first-order chi connectivity index (χ1) is 12.5. The van der Waals surface area contributed by atoms with Gasteiger partial charge in [0.25, 0.3) is 0 Å². The van der Waals surface area contributed by atoms with Gasteiger partial charge >= 0.3 is 5.97 Å². The highest BCUT2D eigenvalue weighted by molar-refractivity contribution is 5.73. The van der Waals surface area contributed by atoms with Gasteiger partial charge in [-0.25, -0.2) is 0 Å².